The Hall–Kier alpha value is -0.160. The summed E-state index contributed by atoms with van der Waals surface area (Å²) in [7, 11) is 2.15. The average molecular weight is 171 g/mol. The van der Waals surface area contributed by atoms with Crippen LogP contribution < -0.4 is 5.84 Å². The van der Waals surface area contributed by atoms with Gasteiger partial charge in [0, 0.05) is 25.7 Å². The van der Waals surface area contributed by atoms with E-state index in [0.29, 0.717) is 12.1 Å². The second kappa shape index (κ2) is 3.30. The normalized spacial score (nSPS) is 39.5. The first-order chi connectivity index (χ1) is 5.77. The molecule has 0 saturated carbocycles. The van der Waals surface area contributed by atoms with Crippen LogP contribution in [-0.4, -0.2) is 55.3 Å². The summed E-state index contributed by atoms with van der Waals surface area (Å²) in [5.41, 5.74) is 0. The van der Waals surface area contributed by atoms with E-state index in [9.17, 15) is 0 Å². The Morgan fingerprint density at radius 1 is 1.42 bits per heavy atom. The molecular formula is C8H17N3O. The third-order valence-electron chi connectivity index (χ3n) is 2.89. The Bertz CT molecular complexity index is 164. The van der Waals surface area contributed by atoms with Crippen LogP contribution in [0.5, 0.6) is 0 Å². The Balaban J connectivity index is 2.00. The summed E-state index contributed by atoms with van der Waals surface area (Å²) in [6.07, 6.45) is 1.49. The SMILES string of the molecule is CN1CCOC2CCN(N)CC21. The van der Waals surface area contributed by atoms with E-state index in [1.807, 2.05) is 5.01 Å². The lowest BCUT2D eigenvalue weighted by Crippen LogP contribution is -2.60. The van der Waals surface area contributed by atoms with E-state index in [1.54, 1.807) is 0 Å². The van der Waals surface area contributed by atoms with Crippen molar-refractivity contribution < 1.29 is 4.74 Å². The largest absolute Gasteiger partial charge is 0.375 e. The molecule has 2 saturated heterocycles. The van der Waals surface area contributed by atoms with Crippen molar-refractivity contribution in [1.82, 2.24) is 9.91 Å². The molecule has 4 heteroatoms. The number of nitrogens with zero attached hydrogens (tertiary/aromatic N) is 2. The van der Waals surface area contributed by atoms with E-state index in [0.717, 1.165) is 32.7 Å². The molecule has 2 aliphatic heterocycles. The third-order valence-corrected chi connectivity index (χ3v) is 2.89. The van der Waals surface area contributed by atoms with Crippen molar-refractivity contribution in [1.29, 1.82) is 0 Å². The highest BCUT2D eigenvalue weighted by Crippen LogP contribution is 2.19. The number of fused-ring (bicyclic) bond motifs is 1. The highest BCUT2D eigenvalue weighted by molar-refractivity contribution is 4.88. The van der Waals surface area contributed by atoms with Crippen LogP contribution in [0.3, 0.4) is 0 Å². The maximum Gasteiger partial charge on any atom is 0.0756 e. The smallest absolute Gasteiger partial charge is 0.0756 e. The van der Waals surface area contributed by atoms with Gasteiger partial charge < -0.3 is 4.74 Å². The van der Waals surface area contributed by atoms with Gasteiger partial charge in [0.05, 0.1) is 12.7 Å². The maximum absolute atomic E-state index is 5.76. The molecule has 70 valence electrons. The number of ether oxygens (including phenoxy) is 1. The first kappa shape index (κ1) is 8.44. The van der Waals surface area contributed by atoms with Crippen molar-refractivity contribution in [3.63, 3.8) is 0 Å². The molecule has 2 atom stereocenters. The fourth-order valence-corrected chi connectivity index (χ4v) is 2.07. The van der Waals surface area contributed by atoms with Crippen molar-refractivity contribution in [2.75, 3.05) is 33.3 Å². The summed E-state index contributed by atoms with van der Waals surface area (Å²) in [6.45, 7) is 3.83. The summed E-state index contributed by atoms with van der Waals surface area (Å²) < 4.78 is 5.68. The summed E-state index contributed by atoms with van der Waals surface area (Å²) in [5, 5.41) is 1.90. The van der Waals surface area contributed by atoms with Gasteiger partial charge in [0.1, 0.15) is 0 Å². The molecular weight excluding hydrogens is 154 g/mol. The molecule has 0 amide bonds. The van der Waals surface area contributed by atoms with E-state index >= 15 is 0 Å². The highest BCUT2D eigenvalue weighted by atomic mass is 16.5. The van der Waals surface area contributed by atoms with Crippen molar-refractivity contribution in [3.8, 4) is 0 Å². The zero-order valence-electron chi connectivity index (χ0n) is 7.57. The van der Waals surface area contributed by atoms with E-state index in [4.69, 9.17) is 10.6 Å². The minimum absolute atomic E-state index is 0.420. The molecule has 2 aliphatic rings. The minimum atomic E-state index is 0.420. The van der Waals surface area contributed by atoms with Gasteiger partial charge in [-0.15, -0.1) is 0 Å². The van der Waals surface area contributed by atoms with Gasteiger partial charge in [-0.1, -0.05) is 0 Å². The van der Waals surface area contributed by atoms with Gasteiger partial charge in [0.15, 0.2) is 0 Å². The number of morpholine rings is 1. The van der Waals surface area contributed by atoms with Crippen LogP contribution in [0, 0.1) is 0 Å². The number of hydrazine groups is 1. The first-order valence-electron chi connectivity index (χ1n) is 4.59. The predicted molar refractivity (Wildman–Crippen MR) is 46.5 cm³/mol. The van der Waals surface area contributed by atoms with Gasteiger partial charge in [-0.25, -0.2) is 5.01 Å². The number of hydrogen-bond acceptors (Lipinski definition) is 4. The van der Waals surface area contributed by atoms with Gasteiger partial charge in [0.25, 0.3) is 0 Å². The first-order valence-corrected chi connectivity index (χ1v) is 4.59. The topological polar surface area (TPSA) is 41.7 Å². The summed E-state index contributed by atoms with van der Waals surface area (Å²) in [5.74, 6) is 5.76. The number of nitrogens with two attached hydrogens (primary N) is 1. The zero-order valence-corrected chi connectivity index (χ0v) is 7.57. The molecule has 2 heterocycles. The van der Waals surface area contributed by atoms with Crippen LogP contribution >= 0.6 is 0 Å². The van der Waals surface area contributed by atoms with Gasteiger partial charge >= 0.3 is 0 Å². The summed E-state index contributed by atoms with van der Waals surface area (Å²) in [4.78, 5) is 2.35. The summed E-state index contributed by atoms with van der Waals surface area (Å²) >= 11 is 0. The molecule has 12 heavy (non-hydrogen) atoms. The van der Waals surface area contributed by atoms with Crippen molar-refractivity contribution in [2.45, 2.75) is 18.6 Å². The molecule has 2 rings (SSSR count). The monoisotopic (exact) mass is 171 g/mol. The lowest BCUT2D eigenvalue weighted by atomic mass is 10.0. The number of rotatable bonds is 0. The number of likely N-dealkylation sites (N-methyl/N-ethyl adjacent to an activating group) is 1. The Morgan fingerprint density at radius 3 is 3.08 bits per heavy atom. The highest BCUT2D eigenvalue weighted by Gasteiger charge is 2.34. The fraction of sp³-hybridized carbons (Fsp3) is 1.00. The van der Waals surface area contributed by atoms with Gasteiger partial charge in [-0.3, -0.25) is 10.7 Å². The van der Waals surface area contributed by atoms with Crippen LogP contribution in [-0.2, 0) is 4.74 Å². The lowest BCUT2D eigenvalue weighted by molar-refractivity contribution is -0.0948. The van der Waals surface area contributed by atoms with Crippen molar-refractivity contribution in [2.24, 2.45) is 5.84 Å². The second-order valence-corrected chi connectivity index (χ2v) is 3.74. The van der Waals surface area contributed by atoms with Gasteiger partial charge in [-0.05, 0) is 13.5 Å². The molecule has 0 bridgehead atoms. The van der Waals surface area contributed by atoms with E-state index < -0.39 is 0 Å². The molecule has 0 radical (unpaired) electrons. The van der Waals surface area contributed by atoms with Gasteiger partial charge in [0.2, 0.25) is 0 Å². The quantitative estimate of drug-likeness (QED) is 0.488. The third kappa shape index (κ3) is 1.47. The zero-order chi connectivity index (χ0) is 8.55. The molecule has 0 spiro atoms. The minimum Gasteiger partial charge on any atom is -0.375 e. The summed E-state index contributed by atoms with van der Waals surface area (Å²) in [6, 6.07) is 0.512. The van der Waals surface area contributed by atoms with Gasteiger partial charge in [-0.2, -0.15) is 0 Å². The molecule has 0 aromatic carbocycles. The molecule has 0 aliphatic carbocycles. The van der Waals surface area contributed by atoms with E-state index in [1.165, 1.54) is 0 Å². The van der Waals surface area contributed by atoms with Crippen molar-refractivity contribution >= 4 is 0 Å². The standard InChI is InChI=1S/C8H17N3O/c1-10-4-5-12-8-2-3-11(9)6-7(8)10/h7-8H,2-6,9H2,1H3. The second-order valence-electron chi connectivity index (χ2n) is 3.74. The Labute approximate surface area is 73.2 Å². The van der Waals surface area contributed by atoms with Crippen LogP contribution in [0.1, 0.15) is 6.42 Å². The van der Waals surface area contributed by atoms with E-state index in [2.05, 4.69) is 11.9 Å². The van der Waals surface area contributed by atoms with Crippen LogP contribution in [0.25, 0.3) is 0 Å². The lowest BCUT2D eigenvalue weighted by Gasteiger charge is -2.44. The predicted octanol–water partition coefficient (Wildman–Crippen LogP) is -0.735. The van der Waals surface area contributed by atoms with E-state index in [-0.39, 0.29) is 0 Å². The molecule has 4 nitrogen and oxygen atoms in total. The van der Waals surface area contributed by atoms with Crippen LogP contribution in [0.15, 0.2) is 0 Å². The van der Waals surface area contributed by atoms with Crippen molar-refractivity contribution in [3.05, 3.63) is 0 Å². The molecule has 2 fully saturated rings. The molecule has 2 N–H and O–H groups in total. The molecule has 2 unspecified atom stereocenters. The average Bonchev–Trinajstić information content (AvgIpc) is 2.07. The number of hydrogen-bond donors (Lipinski definition) is 1. The Morgan fingerprint density at radius 2 is 2.25 bits per heavy atom. The van der Waals surface area contributed by atoms with Crippen LogP contribution in [0.4, 0.5) is 0 Å². The maximum atomic E-state index is 5.76. The fourth-order valence-electron chi connectivity index (χ4n) is 2.07. The van der Waals surface area contributed by atoms with Crippen LogP contribution in [0.2, 0.25) is 0 Å². The molecule has 0 aromatic heterocycles. The number of piperidine rings is 1. The Kier molecular flexibility index (Phi) is 2.32. The molecule has 0 aromatic rings.